The van der Waals surface area contributed by atoms with Gasteiger partial charge in [0.2, 0.25) is 0 Å². The number of nitrogens with one attached hydrogen (secondary N) is 1. The molecule has 20 heavy (non-hydrogen) atoms. The van der Waals surface area contributed by atoms with E-state index in [1.807, 2.05) is 0 Å². The zero-order valence-electron chi connectivity index (χ0n) is 11.1. The standard InChI is InChI=1S/C13H16F3N3O/c1-17-8-10-3-2-6-19(10)12(20)9-4-5-11(18-7-9)13(14,15)16/h4-5,7,10,17H,2-3,6,8H2,1H3. The number of nitrogens with zero attached hydrogens (tertiary/aromatic N) is 2. The summed E-state index contributed by atoms with van der Waals surface area (Å²) < 4.78 is 37.3. The van der Waals surface area contributed by atoms with Gasteiger partial charge in [-0.15, -0.1) is 0 Å². The number of carbonyl (C=O) groups excluding carboxylic acids is 1. The molecule has 0 spiro atoms. The number of halogens is 3. The van der Waals surface area contributed by atoms with Crippen LogP contribution in [-0.2, 0) is 6.18 Å². The summed E-state index contributed by atoms with van der Waals surface area (Å²) in [5.74, 6) is -0.260. The quantitative estimate of drug-likeness (QED) is 0.924. The second-order valence-electron chi connectivity index (χ2n) is 4.78. The Morgan fingerprint density at radius 2 is 2.25 bits per heavy atom. The van der Waals surface area contributed by atoms with E-state index in [2.05, 4.69) is 10.3 Å². The molecule has 2 heterocycles. The lowest BCUT2D eigenvalue weighted by molar-refractivity contribution is -0.141. The Morgan fingerprint density at radius 3 is 2.80 bits per heavy atom. The predicted octanol–water partition coefficient (Wildman–Crippen LogP) is 1.92. The summed E-state index contributed by atoms with van der Waals surface area (Å²) in [4.78, 5) is 17.3. The summed E-state index contributed by atoms with van der Waals surface area (Å²) in [6.07, 6.45) is -1.67. The van der Waals surface area contributed by atoms with Crippen molar-refractivity contribution in [2.24, 2.45) is 0 Å². The van der Waals surface area contributed by atoms with Gasteiger partial charge in [0.15, 0.2) is 0 Å². The van der Waals surface area contributed by atoms with E-state index in [1.54, 1.807) is 11.9 Å². The average Bonchev–Trinajstić information content (AvgIpc) is 2.86. The molecule has 110 valence electrons. The molecule has 1 amide bonds. The molecule has 1 unspecified atom stereocenters. The molecule has 0 aromatic carbocycles. The van der Waals surface area contributed by atoms with Gasteiger partial charge in [0.25, 0.3) is 5.91 Å². The molecule has 1 saturated heterocycles. The van der Waals surface area contributed by atoms with Gasteiger partial charge >= 0.3 is 6.18 Å². The van der Waals surface area contributed by atoms with Gasteiger partial charge in [-0.2, -0.15) is 13.2 Å². The van der Waals surface area contributed by atoms with Crippen molar-refractivity contribution in [2.45, 2.75) is 25.1 Å². The van der Waals surface area contributed by atoms with Crippen LogP contribution in [0.3, 0.4) is 0 Å². The fourth-order valence-electron chi connectivity index (χ4n) is 2.40. The third-order valence-corrected chi connectivity index (χ3v) is 3.38. The predicted molar refractivity (Wildman–Crippen MR) is 67.2 cm³/mol. The van der Waals surface area contributed by atoms with Crippen molar-refractivity contribution in [2.75, 3.05) is 20.1 Å². The molecule has 1 aromatic rings. The van der Waals surface area contributed by atoms with Gasteiger partial charge in [-0.05, 0) is 32.0 Å². The van der Waals surface area contributed by atoms with Gasteiger partial charge in [0.05, 0.1) is 5.56 Å². The van der Waals surface area contributed by atoms with E-state index >= 15 is 0 Å². The number of hydrogen-bond acceptors (Lipinski definition) is 3. The van der Waals surface area contributed by atoms with Crippen LogP contribution in [0.4, 0.5) is 13.2 Å². The monoisotopic (exact) mass is 287 g/mol. The van der Waals surface area contributed by atoms with E-state index in [9.17, 15) is 18.0 Å². The molecule has 1 fully saturated rings. The number of aromatic nitrogens is 1. The molecule has 1 aliphatic rings. The molecule has 1 aromatic heterocycles. The molecule has 0 saturated carbocycles. The highest BCUT2D eigenvalue weighted by Crippen LogP contribution is 2.27. The zero-order chi connectivity index (χ0) is 14.8. The van der Waals surface area contributed by atoms with Crippen molar-refractivity contribution in [3.63, 3.8) is 0 Å². The second-order valence-corrected chi connectivity index (χ2v) is 4.78. The maximum atomic E-state index is 12.4. The van der Waals surface area contributed by atoms with E-state index < -0.39 is 11.9 Å². The lowest BCUT2D eigenvalue weighted by atomic mass is 10.2. The van der Waals surface area contributed by atoms with Crippen molar-refractivity contribution < 1.29 is 18.0 Å². The van der Waals surface area contributed by atoms with Crippen LogP contribution >= 0.6 is 0 Å². The average molecular weight is 287 g/mol. The van der Waals surface area contributed by atoms with Crippen molar-refractivity contribution in [1.82, 2.24) is 15.2 Å². The van der Waals surface area contributed by atoms with E-state index in [4.69, 9.17) is 0 Å². The zero-order valence-corrected chi connectivity index (χ0v) is 11.1. The summed E-state index contributed by atoms with van der Waals surface area (Å²) >= 11 is 0. The molecule has 1 atom stereocenters. The fourth-order valence-corrected chi connectivity index (χ4v) is 2.40. The number of amides is 1. The number of pyridine rings is 1. The van der Waals surface area contributed by atoms with Crippen molar-refractivity contribution >= 4 is 5.91 Å². The van der Waals surface area contributed by atoms with Crippen molar-refractivity contribution in [3.05, 3.63) is 29.6 Å². The third kappa shape index (κ3) is 3.09. The fraction of sp³-hybridized carbons (Fsp3) is 0.538. The first-order valence-corrected chi connectivity index (χ1v) is 6.42. The number of likely N-dealkylation sites (tertiary alicyclic amines) is 1. The highest BCUT2D eigenvalue weighted by molar-refractivity contribution is 5.94. The molecule has 2 rings (SSSR count). The summed E-state index contributed by atoms with van der Waals surface area (Å²) in [5.41, 5.74) is -0.789. The molecule has 1 N–H and O–H groups in total. The van der Waals surface area contributed by atoms with Crippen LogP contribution in [0.1, 0.15) is 28.9 Å². The minimum absolute atomic E-state index is 0.0924. The first kappa shape index (κ1) is 14.8. The minimum atomic E-state index is -4.48. The molecular weight excluding hydrogens is 271 g/mol. The summed E-state index contributed by atoms with van der Waals surface area (Å²) in [5, 5.41) is 3.02. The SMILES string of the molecule is CNCC1CCCN1C(=O)c1ccc(C(F)(F)F)nc1. The highest BCUT2D eigenvalue weighted by atomic mass is 19.4. The Morgan fingerprint density at radius 1 is 1.50 bits per heavy atom. The summed E-state index contributed by atoms with van der Waals surface area (Å²) in [6, 6.07) is 2.12. The van der Waals surface area contributed by atoms with Gasteiger partial charge in [-0.1, -0.05) is 0 Å². The Kier molecular flexibility index (Phi) is 4.27. The first-order chi connectivity index (χ1) is 9.43. The van der Waals surface area contributed by atoms with E-state index in [-0.39, 0.29) is 17.5 Å². The number of alkyl halides is 3. The summed E-state index contributed by atoms with van der Waals surface area (Å²) in [7, 11) is 1.81. The molecule has 1 aliphatic heterocycles. The largest absolute Gasteiger partial charge is 0.433 e. The van der Waals surface area contributed by atoms with Gasteiger partial charge < -0.3 is 10.2 Å². The van der Waals surface area contributed by atoms with Gasteiger partial charge in [0.1, 0.15) is 5.69 Å². The van der Waals surface area contributed by atoms with Crippen LogP contribution in [-0.4, -0.2) is 42.0 Å². The van der Waals surface area contributed by atoms with Crippen LogP contribution in [0.2, 0.25) is 0 Å². The Balaban J connectivity index is 2.13. The van der Waals surface area contributed by atoms with Crippen LogP contribution in [0.25, 0.3) is 0 Å². The molecule has 4 nitrogen and oxygen atoms in total. The van der Waals surface area contributed by atoms with Crippen LogP contribution in [0.15, 0.2) is 18.3 Å². The van der Waals surface area contributed by atoms with Crippen molar-refractivity contribution in [1.29, 1.82) is 0 Å². The van der Waals surface area contributed by atoms with E-state index in [1.165, 1.54) is 6.07 Å². The lowest BCUT2D eigenvalue weighted by Crippen LogP contribution is -2.40. The van der Waals surface area contributed by atoms with E-state index in [0.717, 1.165) is 25.1 Å². The first-order valence-electron chi connectivity index (χ1n) is 6.42. The maximum absolute atomic E-state index is 12.4. The molecule has 0 aliphatic carbocycles. The summed E-state index contributed by atoms with van der Waals surface area (Å²) in [6.45, 7) is 1.31. The Labute approximate surface area is 115 Å². The third-order valence-electron chi connectivity index (χ3n) is 3.38. The van der Waals surface area contributed by atoms with Crippen LogP contribution < -0.4 is 5.32 Å². The number of hydrogen-bond donors (Lipinski definition) is 1. The van der Waals surface area contributed by atoms with Gasteiger partial charge in [0, 0.05) is 25.3 Å². The molecule has 7 heteroatoms. The Hall–Kier alpha value is -1.63. The molecular formula is C13H16F3N3O. The van der Waals surface area contributed by atoms with Crippen molar-refractivity contribution in [3.8, 4) is 0 Å². The smallest absolute Gasteiger partial charge is 0.334 e. The van der Waals surface area contributed by atoms with E-state index in [0.29, 0.717) is 13.1 Å². The molecule has 0 bridgehead atoms. The normalized spacial score (nSPS) is 19.4. The topological polar surface area (TPSA) is 45.2 Å². The van der Waals surface area contributed by atoms with Crippen LogP contribution in [0.5, 0.6) is 0 Å². The van der Waals surface area contributed by atoms with Crippen LogP contribution in [0, 0.1) is 0 Å². The number of carbonyl (C=O) groups is 1. The number of likely N-dealkylation sites (N-methyl/N-ethyl adjacent to an activating group) is 1. The van der Waals surface area contributed by atoms with Gasteiger partial charge in [-0.3, -0.25) is 9.78 Å². The van der Waals surface area contributed by atoms with Gasteiger partial charge in [-0.25, -0.2) is 0 Å². The Bertz CT molecular complexity index is 473. The molecule has 0 radical (unpaired) electrons. The highest BCUT2D eigenvalue weighted by Gasteiger charge is 2.33. The number of rotatable bonds is 3. The minimum Gasteiger partial charge on any atom is -0.334 e. The lowest BCUT2D eigenvalue weighted by Gasteiger charge is -2.24. The maximum Gasteiger partial charge on any atom is 0.433 e. The second kappa shape index (κ2) is 5.78.